The van der Waals surface area contributed by atoms with Gasteiger partial charge in [0.15, 0.2) is 6.10 Å². The molecule has 0 bridgehead atoms. The van der Waals surface area contributed by atoms with Gasteiger partial charge in [0.1, 0.15) is 0 Å². The molecule has 0 aromatic heterocycles. The molecule has 0 saturated carbocycles. The largest absolute Gasteiger partial charge is 0.454 e. The molecule has 166 valence electrons. The van der Waals surface area contributed by atoms with Crippen LogP contribution >= 0.6 is 11.8 Å². The van der Waals surface area contributed by atoms with Crippen molar-refractivity contribution in [2.24, 2.45) is 0 Å². The van der Waals surface area contributed by atoms with E-state index in [1.165, 1.54) is 64.2 Å². The van der Waals surface area contributed by atoms with E-state index in [1.54, 1.807) is 6.92 Å². The first-order valence-electron chi connectivity index (χ1n) is 11.4. The molecule has 0 aliphatic carbocycles. The fourth-order valence-electron chi connectivity index (χ4n) is 3.61. The van der Waals surface area contributed by atoms with Gasteiger partial charge < -0.3 is 20.1 Å². The van der Waals surface area contributed by atoms with Gasteiger partial charge in [0.05, 0.1) is 0 Å². The molecular formula is C22H42O5S. The lowest BCUT2D eigenvalue weighted by atomic mass is 10.0. The minimum atomic E-state index is -2.96. The van der Waals surface area contributed by atoms with Crippen molar-refractivity contribution in [1.82, 2.24) is 0 Å². The van der Waals surface area contributed by atoms with E-state index in [2.05, 4.69) is 18.7 Å². The maximum absolute atomic E-state index is 11.7. The van der Waals surface area contributed by atoms with Gasteiger partial charge in [0.2, 0.25) is 0 Å². The smallest absolute Gasteiger partial charge is 0.314 e. The highest BCUT2D eigenvalue weighted by Gasteiger charge is 2.36. The molecule has 28 heavy (non-hydrogen) atoms. The Hall–Kier alpha value is -0.300. The first-order chi connectivity index (χ1) is 13.4. The summed E-state index contributed by atoms with van der Waals surface area (Å²) in [6, 6.07) is 0. The highest BCUT2D eigenvalue weighted by atomic mass is 32.2. The normalized spacial score (nSPS) is 20.2. The molecule has 0 radical (unpaired) electrons. The minimum absolute atomic E-state index is 0.147. The summed E-state index contributed by atoms with van der Waals surface area (Å²) in [6.45, 7) is 3.88. The van der Waals surface area contributed by atoms with Gasteiger partial charge >= 0.3 is 11.9 Å². The average molecular weight is 419 g/mol. The molecule has 0 spiro atoms. The lowest BCUT2D eigenvalue weighted by molar-refractivity contribution is -0.356. The van der Waals surface area contributed by atoms with E-state index in [1.807, 2.05) is 0 Å². The molecule has 5 nitrogen and oxygen atoms in total. The van der Waals surface area contributed by atoms with Gasteiger partial charge in [-0.05, 0) is 25.7 Å². The lowest BCUT2D eigenvalue weighted by Crippen LogP contribution is -2.44. The maximum atomic E-state index is 11.7. The Labute approximate surface area is 175 Å². The standard InChI is InChI=1S/C22H42O5S/c1-3-5-6-7-9-12-15-18-19(28-18)16-13-10-8-11-14-17-21(23)27-20(4-2)22(24,25)26/h18-20,24-26H,3-17H2,1-2H3. The Balaban J connectivity index is 1.89. The topological polar surface area (TPSA) is 87.0 Å². The molecule has 1 saturated heterocycles. The molecule has 1 aliphatic heterocycles. The van der Waals surface area contributed by atoms with Crippen LogP contribution in [0, 0.1) is 0 Å². The number of aliphatic hydroxyl groups is 3. The maximum Gasteiger partial charge on any atom is 0.314 e. The van der Waals surface area contributed by atoms with Gasteiger partial charge in [-0.15, -0.1) is 0 Å². The van der Waals surface area contributed by atoms with Crippen molar-refractivity contribution in [2.75, 3.05) is 0 Å². The Morgan fingerprint density at radius 1 is 0.857 bits per heavy atom. The number of carbonyl (C=O) groups is 1. The van der Waals surface area contributed by atoms with Crippen molar-refractivity contribution in [2.45, 2.75) is 133 Å². The monoisotopic (exact) mass is 418 g/mol. The zero-order chi connectivity index (χ0) is 20.8. The molecule has 0 aromatic carbocycles. The van der Waals surface area contributed by atoms with Crippen LogP contribution in [0.4, 0.5) is 0 Å². The SMILES string of the molecule is CCCCCCCCC1SC1CCCCCCCC(=O)OC(CC)C(O)(O)O. The van der Waals surface area contributed by atoms with Gasteiger partial charge in [-0.3, -0.25) is 4.79 Å². The molecule has 1 fully saturated rings. The van der Waals surface area contributed by atoms with Crippen molar-refractivity contribution >= 4 is 17.7 Å². The summed E-state index contributed by atoms with van der Waals surface area (Å²) in [4.78, 5) is 11.7. The molecular weight excluding hydrogens is 376 g/mol. The predicted molar refractivity (Wildman–Crippen MR) is 115 cm³/mol. The van der Waals surface area contributed by atoms with Crippen LogP contribution in [0.5, 0.6) is 0 Å². The van der Waals surface area contributed by atoms with E-state index in [0.717, 1.165) is 29.8 Å². The van der Waals surface area contributed by atoms with Gasteiger partial charge in [-0.25, -0.2) is 0 Å². The Kier molecular flexibility index (Phi) is 13.5. The Morgan fingerprint density at radius 3 is 1.86 bits per heavy atom. The molecule has 1 aliphatic rings. The van der Waals surface area contributed by atoms with E-state index in [9.17, 15) is 4.79 Å². The van der Waals surface area contributed by atoms with E-state index >= 15 is 0 Å². The van der Waals surface area contributed by atoms with Crippen LogP contribution in [0.15, 0.2) is 0 Å². The molecule has 3 atom stereocenters. The number of thioether (sulfide) groups is 1. The van der Waals surface area contributed by atoms with E-state index < -0.39 is 18.0 Å². The van der Waals surface area contributed by atoms with Crippen LogP contribution in [0.25, 0.3) is 0 Å². The first-order valence-corrected chi connectivity index (χ1v) is 12.3. The molecule has 3 N–H and O–H groups in total. The van der Waals surface area contributed by atoms with Gasteiger partial charge in [-0.2, -0.15) is 11.8 Å². The molecule has 1 rings (SSSR count). The molecule has 1 heterocycles. The van der Waals surface area contributed by atoms with Crippen molar-refractivity contribution < 1.29 is 24.9 Å². The van der Waals surface area contributed by atoms with Crippen LogP contribution < -0.4 is 0 Å². The summed E-state index contributed by atoms with van der Waals surface area (Å²) in [5, 5.41) is 29.1. The van der Waals surface area contributed by atoms with Crippen molar-refractivity contribution in [3.8, 4) is 0 Å². The average Bonchev–Trinajstić information content (AvgIpc) is 3.39. The zero-order valence-electron chi connectivity index (χ0n) is 17.9. The number of carbonyl (C=O) groups excluding carboxylic acids is 1. The third-order valence-corrected chi connectivity index (χ3v) is 6.99. The number of hydrogen-bond donors (Lipinski definition) is 3. The second-order valence-corrected chi connectivity index (χ2v) is 9.63. The number of esters is 1. The van der Waals surface area contributed by atoms with Crippen LogP contribution in [-0.2, 0) is 9.53 Å². The van der Waals surface area contributed by atoms with Gasteiger partial charge in [-0.1, -0.05) is 78.1 Å². The molecule has 3 unspecified atom stereocenters. The van der Waals surface area contributed by atoms with Crippen LogP contribution in [0.3, 0.4) is 0 Å². The fraction of sp³-hybridized carbons (Fsp3) is 0.955. The van der Waals surface area contributed by atoms with Crippen molar-refractivity contribution in [1.29, 1.82) is 0 Å². The molecule has 0 amide bonds. The summed E-state index contributed by atoms with van der Waals surface area (Å²) >= 11 is 2.16. The number of ether oxygens (including phenoxy) is 1. The van der Waals surface area contributed by atoms with Crippen LogP contribution in [0.1, 0.15) is 110 Å². The third kappa shape index (κ3) is 12.3. The van der Waals surface area contributed by atoms with E-state index in [4.69, 9.17) is 20.1 Å². The van der Waals surface area contributed by atoms with Gasteiger partial charge in [0.25, 0.3) is 0 Å². The summed E-state index contributed by atoms with van der Waals surface area (Å²) in [5.41, 5.74) is 0. The number of hydrogen-bond acceptors (Lipinski definition) is 6. The predicted octanol–water partition coefficient (Wildman–Crippen LogP) is 4.90. The second-order valence-electron chi connectivity index (χ2n) is 8.15. The van der Waals surface area contributed by atoms with E-state index in [-0.39, 0.29) is 12.8 Å². The summed E-state index contributed by atoms with van der Waals surface area (Å²) in [6.07, 6.45) is 15.5. The minimum Gasteiger partial charge on any atom is -0.454 e. The summed E-state index contributed by atoms with van der Waals surface area (Å²) < 4.78 is 4.91. The third-order valence-electron chi connectivity index (χ3n) is 5.48. The lowest BCUT2D eigenvalue weighted by Gasteiger charge is -2.24. The highest BCUT2D eigenvalue weighted by molar-refractivity contribution is 8.07. The van der Waals surface area contributed by atoms with E-state index in [0.29, 0.717) is 0 Å². The number of rotatable bonds is 18. The van der Waals surface area contributed by atoms with Gasteiger partial charge in [0, 0.05) is 16.9 Å². The highest BCUT2D eigenvalue weighted by Crippen LogP contribution is 2.47. The zero-order valence-corrected chi connectivity index (χ0v) is 18.7. The Morgan fingerprint density at radius 2 is 1.36 bits per heavy atom. The molecule has 6 heteroatoms. The summed E-state index contributed by atoms with van der Waals surface area (Å²) in [5.74, 6) is -3.45. The fourth-order valence-corrected chi connectivity index (χ4v) is 4.85. The second kappa shape index (κ2) is 14.6. The van der Waals surface area contributed by atoms with Crippen molar-refractivity contribution in [3.63, 3.8) is 0 Å². The number of unbranched alkanes of at least 4 members (excludes halogenated alkanes) is 9. The summed E-state index contributed by atoms with van der Waals surface area (Å²) in [7, 11) is 0. The first kappa shape index (κ1) is 25.7. The van der Waals surface area contributed by atoms with Crippen molar-refractivity contribution in [3.05, 3.63) is 0 Å². The quantitative estimate of drug-likeness (QED) is 0.127. The van der Waals surface area contributed by atoms with Crippen LogP contribution in [-0.4, -0.2) is 43.9 Å². The Bertz CT molecular complexity index is 410. The van der Waals surface area contributed by atoms with Crippen LogP contribution in [0.2, 0.25) is 0 Å². The molecule has 0 aromatic rings.